The number of hydrogen-bond acceptors (Lipinski definition) is 8. The number of carbonyl (C=O) groups is 2. The van der Waals surface area contributed by atoms with Crippen molar-refractivity contribution < 1.29 is 42.1 Å². The minimum atomic E-state index is -4.63. The van der Waals surface area contributed by atoms with Gasteiger partial charge in [0.25, 0.3) is 7.82 Å². The molecule has 0 spiro atoms. The SMILES string of the molecule is CCCCCCCCCCCC/C=C\C/C=C\CCC(=O)OC(COC(=O)CCCCCCCCCCCCCCCCC)COP(=O)([O-])OCC[N+](C)(C)C. The number of allylic oxidation sites excluding steroid dienone is 4. The van der Waals surface area contributed by atoms with Gasteiger partial charge in [-0.3, -0.25) is 14.2 Å². The molecular formula is C46H88NO8P. The standard InChI is InChI=1S/C46H88NO8P/c1-6-8-10-12-14-16-18-20-22-23-25-27-29-31-33-35-37-39-46(49)55-44(43-54-56(50,51)53-41-40-47(3,4)5)42-52-45(48)38-36-34-32-30-28-26-24-21-19-17-15-13-11-9-7-2/h27,29,33,35,44H,6-26,28,30-32,34,36-43H2,1-5H3/b29-27-,35-33-. The van der Waals surface area contributed by atoms with Gasteiger partial charge in [-0.1, -0.05) is 186 Å². The first kappa shape index (κ1) is 54.5. The monoisotopic (exact) mass is 814 g/mol. The average molecular weight is 814 g/mol. The van der Waals surface area contributed by atoms with Gasteiger partial charge in [0.15, 0.2) is 6.10 Å². The number of phosphoric ester groups is 1. The van der Waals surface area contributed by atoms with Crippen LogP contribution in [0.2, 0.25) is 0 Å². The van der Waals surface area contributed by atoms with E-state index in [-0.39, 0.29) is 26.1 Å². The fraction of sp³-hybridized carbons (Fsp3) is 0.870. The molecule has 0 saturated heterocycles. The Balaban J connectivity index is 4.39. The summed E-state index contributed by atoms with van der Waals surface area (Å²) in [6.45, 7) is 4.19. The molecule has 0 aliphatic rings. The van der Waals surface area contributed by atoms with Gasteiger partial charge in [0.05, 0.1) is 27.7 Å². The summed E-state index contributed by atoms with van der Waals surface area (Å²) in [6.07, 6.45) is 42.2. The first-order valence-corrected chi connectivity index (χ1v) is 24.5. The molecular weight excluding hydrogens is 725 g/mol. The minimum absolute atomic E-state index is 0.0379. The molecule has 0 aromatic rings. The van der Waals surface area contributed by atoms with Gasteiger partial charge in [-0.2, -0.15) is 0 Å². The van der Waals surface area contributed by atoms with Gasteiger partial charge < -0.3 is 27.9 Å². The number of ether oxygens (including phenoxy) is 2. The predicted octanol–water partition coefficient (Wildman–Crippen LogP) is 12.5. The maximum absolute atomic E-state index is 12.6. The normalized spacial score (nSPS) is 13.8. The molecule has 0 aliphatic heterocycles. The molecule has 0 rings (SSSR count). The number of hydrogen-bond donors (Lipinski definition) is 0. The third kappa shape index (κ3) is 42.1. The topological polar surface area (TPSA) is 111 Å². The Bertz CT molecular complexity index is 1010. The number of nitrogens with zero attached hydrogens (tertiary/aromatic N) is 1. The lowest BCUT2D eigenvalue weighted by Gasteiger charge is -2.28. The van der Waals surface area contributed by atoms with E-state index in [4.69, 9.17) is 18.5 Å². The average Bonchev–Trinajstić information content (AvgIpc) is 3.15. The van der Waals surface area contributed by atoms with Crippen LogP contribution in [0.1, 0.15) is 206 Å². The van der Waals surface area contributed by atoms with Crippen LogP contribution in [0.15, 0.2) is 24.3 Å². The highest BCUT2D eigenvalue weighted by atomic mass is 31.2. The largest absolute Gasteiger partial charge is 0.756 e. The van der Waals surface area contributed by atoms with Crippen molar-refractivity contribution in [3.05, 3.63) is 24.3 Å². The Morgan fingerprint density at radius 2 is 1.00 bits per heavy atom. The van der Waals surface area contributed by atoms with Crippen LogP contribution < -0.4 is 4.89 Å². The van der Waals surface area contributed by atoms with Gasteiger partial charge in [0.1, 0.15) is 19.8 Å². The number of carbonyl (C=O) groups excluding carboxylic acids is 2. The van der Waals surface area contributed by atoms with Gasteiger partial charge in [0, 0.05) is 12.8 Å². The van der Waals surface area contributed by atoms with Crippen molar-refractivity contribution in [2.24, 2.45) is 0 Å². The quantitative estimate of drug-likeness (QED) is 0.0197. The summed E-state index contributed by atoms with van der Waals surface area (Å²) in [5.74, 6) is -0.903. The van der Waals surface area contributed by atoms with Gasteiger partial charge in [-0.15, -0.1) is 0 Å². The highest BCUT2D eigenvalue weighted by molar-refractivity contribution is 7.45. The highest BCUT2D eigenvalue weighted by Gasteiger charge is 2.21. The first-order chi connectivity index (χ1) is 27.0. The predicted molar refractivity (Wildman–Crippen MR) is 231 cm³/mol. The Morgan fingerprint density at radius 3 is 1.48 bits per heavy atom. The molecule has 0 aromatic heterocycles. The van der Waals surface area contributed by atoms with Crippen LogP contribution in [0.4, 0.5) is 0 Å². The summed E-state index contributed by atoms with van der Waals surface area (Å²) in [7, 11) is 1.14. The molecule has 2 unspecified atom stereocenters. The minimum Gasteiger partial charge on any atom is -0.756 e. The Morgan fingerprint density at radius 1 is 0.554 bits per heavy atom. The lowest BCUT2D eigenvalue weighted by molar-refractivity contribution is -0.870. The van der Waals surface area contributed by atoms with E-state index in [0.29, 0.717) is 17.4 Å². The summed E-state index contributed by atoms with van der Waals surface area (Å²) in [5.41, 5.74) is 0. The fourth-order valence-corrected chi connectivity index (χ4v) is 7.08. The van der Waals surface area contributed by atoms with Gasteiger partial charge in [-0.25, -0.2) is 0 Å². The summed E-state index contributed by atoms with van der Waals surface area (Å²) in [4.78, 5) is 37.5. The summed E-state index contributed by atoms with van der Waals surface area (Å²) < 4.78 is 33.8. The maximum Gasteiger partial charge on any atom is 0.306 e. The molecule has 0 N–H and O–H groups in total. The molecule has 330 valence electrons. The van der Waals surface area contributed by atoms with Crippen molar-refractivity contribution >= 4 is 19.8 Å². The van der Waals surface area contributed by atoms with Crippen LogP contribution in [-0.2, 0) is 32.7 Å². The van der Waals surface area contributed by atoms with Crippen LogP contribution in [0.25, 0.3) is 0 Å². The van der Waals surface area contributed by atoms with Crippen molar-refractivity contribution in [3.8, 4) is 0 Å². The van der Waals surface area contributed by atoms with Crippen LogP contribution in [0.3, 0.4) is 0 Å². The van der Waals surface area contributed by atoms with Crippen molar-refractivity contribution in [2.75, 3.05) is 47.5 Å². The molecule has 9 nitrogen and oxygen atoms in total. The van der Waals surface area contributed by atoms with Crippen LogP contribution in [0, 0.1) is 0 Å². The molecule has 0 aromatic carbocycles. The summed E-state index contributed by atoms with van der Waals surface area (Å²) in [6, 6.07) is 0. The zero-order chi connectivity index (χ0) is 41.4. The number of phosphoric acid groups is 1. The number of esters is 2. The molecule has 0 aliphatic carbocycles. The number of likely N-dealkylation sites (N-methyl/N-ethyl adjacent to an activating group) is 1. The molecule has 0 radical (unpaired) electrons. The smallest absolute Gasteiger partial charge is 0.306 e. The lowest BCUT2D eigenvalue weighted by atomic mass is 10.0. The molecule has 2 atom stereocenters. The zero-order valence-corrected chi connectivity index (χ0v) is 38.0. The summed E-state index contributed by atoms with van der Waals surface area (Å²) in [5, 5.41) is 0. The van der Waals surface area contributed by atoms with E-state index < -0.39 is 32.5 Å². The Hall–Kier alpha value is -1.51. The van der Waals surface area contributed by atoms with E-state index in [1.807, 2.05) is 33.3 Å². The first-order valence-electron chi connectivity index (χ1n) is 23.0. The van der Waals surface area contributed by atoms with Crippen molar-refractivity contribution in [3.63, 3.8) is 0 Å². The second-order valence-electron chi connectivity index (χ2n) is 16.8. The van der Waals surface area contributed by atoms with Crippen LogP contribution in [-0.4, -0.2) is 70.0 Å². The van der Waals surface area contributed by atoms with Crippen molar-refractivity contribution in [1.82, 2.24) is 0 Å². The second kappa shape index (κ2) is 39.0. The molecule has 56 heavy (non-hydrogen) atoms. The fourth-order valence-electron chi connectivity index (χ4n) is 6.36. The highest BCUT2D eigenvalue weighted by Crippen LogP contribution is 2.38. The second-order valence-corrected chi connectivity index (χ2v) is 18.2. The zero-order valence-electron chi connectivity index (χ0n) is 37.1. The number of unbranched alkanes of at least 4 members (excludes halogenated alkanes) is 24. The Kier molecular flexibility index (Phi) is 37.9. The molecule has 10 heteroatoms. The Labute approximate surface area is 345 Å². The van der Waals surface area contributed by atoms with E-state index in [0.717, 1.165) is 32.1 Å². The van der Waals surface area contributed by atoms with Crippen LogP contribution in [0.5, 0.6) is 0 Å². The molecule has 0 saturated carbocycles. The van der Waals surface area contributed by atoms with Crippen LogP contribution >= 0.6 is 7.82 Å². The van der Waals surface area contributed by atoms with Gasteiger partial charge in [-0.05, 0) is 32.1 Å². The van der Waals surface area contributed by atoms with E-state index >= 15 is 0 Å². The van der Waals surface area contributed by atoms with E-state index in [1.165, 1.54) is 141 Å². The molecule has 0 fully saturated rings. The third-order valence-corrected chi connectivity index (χ3v) is 11.0. The van der Waals surface area contributed by atoms with Gasteiger partial charge in [0.2, 0.25) is 0 Å². The van der Waals surface area contributed by atoms with Crippen molar-refractivity contribution in [1.29, 1.82) is 0 Å². The van der Waals surface area contributed by atoms with E-state index in [9.17, 15) is 19.0 Å². The number of quaternary nitrogens is 1. The van der Waals surface area contributed by atoms with E-state index in [1.54, 1.807) is 0 Å². The molecule has 0 amide bonds. The maximum atomic E-state index is 12.6. The van der Waals surface area contributed by atoms with Crippen molar-refractivity contribution in [2.45, 2.75) is 213 Å². The lowest BCUT2D eigenvalue weighted by Crippen LogP contribution is -2.37. The van der Waals surface area contributed by atoms with Gasteiger partial charge >= 0.3 is 11.9 Å². The molecule has 0 bridgehead atoms. The number of rotatable bonds is 42. The third-order valence-electron chi connectivity index (χ3n) is 9.99. The van der Waals surface area contributed by atoms with E-state index in [2.05, 4.69) is 26.0 Å². The summed E-state index contributed by atoms with van der Waals surface area (Å²) >= 11 is 0. The molecule has 0 heterocycles.